The molecule has 3 fully saturated rings. The number of carbonyl (C=O) groups is 2. The second-order valence-corrected chi connectivity index (χ2v) is 11.0. The van der Waals surface area contributed by atoms with E-state index in [1.165, 1.54) is 0 Å². The highest BCUT2D eigenvalue weighted by Gasteiger charge is 2.70. The molecule has 1 heterocycles. The molecule has 10 nitrogen and oxygen atoms in total. The van der Waals surface area contributed by atoms with Crippen molar-refractivity contribution in [2.45, 2.75) is 45.0 Å². The molecule has 148 valence electrons. The van der Waals surface area contributed by atoms with Crippen LogP contribution in [0.25, 0.3) is 4.13 Å². The minimum absolute atomic E-state index is 0.351. The van der Waals surface area contributed by atoms with Crippen LogP contribution in [0.3, 0.4) is 0 Å². The molecule has 0 radical (unpaired) electrons. The molecule has 0 aromatic rings. The Bertz CT molecular complexity index is 842. The van der Waals surface area contributed by atoms with Gasteiger partial charge in [-0.05, 0) is 27.2 Å². The maximum atomic E-state index is 12.6. The Morgan fingerprint density at radius 1 is 1.19 bits per heavy atom. The van der Waals surface area contributed by atoms with E-state index in [9.17, 15) is 26.4 Å². The van der Waals surface area contributed by atoms with Crippen LogP contribution in [-0.2, 0) is 43.6 Å². The number of esters is 2. The first-order valence-electron chi connectivity index (χ1n) is 7.99. The van der Waals surface area contributed by atoms with Crippen LogP contribution in [-0.4, -0.2) is 52.8 Å². The van der Waals surface area contributed by atoms with Crippen molar-refractivity contribution < 1.29 is 40.1 Å². The maximum absolute atomic E-state index is 12.6. The van der Waals surface area contributed by atoms with Gasteiger partial charge in [-0.2, -0.15) is 0 Å². The quantitative estimate of drug-likeness (QED) is 0.576. The summed E-state index contributed by atoms with van der Waals surface area (Å²) in [6.45, 7) is 5.03. The summed E-state index contributed by atoms with van der Waals surface area (Å²) in [5.41, 5.74) is -0.783. The monoisotopic (exact) mass is 410 g/mol. The van der Waals surface area contributed by atoms with Gasteiger partial charge in [0.25, 0.3) is 0 Å². The summed E-state index contributed by atoms with van der Waals surface area (Å²) in [6, 6.07) is 0. The van der Waals surface area contributed by atoms with E-state index in [1.54, 1.807) is 20.8 Å². The molecule has 6 atom stereocenters. The SMILES string of the molecule is CC(C)(C)OC(=O)C1C2CC3C(OC(=O)C31)C2OS(=O)(=O)[N-]S(C)(=O)=O. The topological polar surface area (TPSA) is 144 Å². The number of ether oxygens (including phenoxy) is 2. The summed E-state index contributed by atoms with van der Waals surface area (Å²) < 4.78 is 64.3. The molecular weight excluding hydrogens is 390 g/mol. The highest BCUT2D eigenvalue weighted by Crippen LogP contribution is 2.59. The third-order valence-electron chi connectivity index (χ3n) is 4.68. The van der Waals surface area contributed by atoms with Crippen molar-refractivity contribution in [3.05, 3.63) is 4.13 Å². The van der Waals surface area contributed by atoms with E-state index in [0.717, 1.165) is 0 Å². The first kappa shape index (κ1) is 19.5. The Hall–Kier alpha value is -1.24. The van der Waals surface area contributed by atoms with Crippen molar-refractivity contribution in [3.63, 3.8) is 0 Å². The Balaban J connectivity index is 1.86. The van der Waals surface area contributed by atoms with Gasteiger partial charge in [0.05, 0.1) is 21.9 Å². The first-order chi connectivity index (χ1) is 11.7. The predicted molar refractivity (Wildman–Crippen MR) is 86.3 cm³/mol. The van der Waals surface area contributed by atoms with E-state index < -0.39 is 67.8 Å². The second kappa shape index (κ2) is 5.88. The normalized spacial score (nSPS) is 36.2. The molecule has 2 saturated carbocycles. The number of sulfonamides is 1. The number of nitrogens with zero attached hydrogens (tertiary/aromatic N) is 1. The third-order valence-corrected chi connectivity index (χ3v) is 6.96. The van der Waals surface area contributed by atoms with Crippen molar-refractivity contribution >= 4 is 32.3 Å². The zero-order chi connectivity index (χ0) is 19.7. The Labute approximate surface area is 151 Å². The Morgan fingerprint density at radius 2 is 1.81 bits per heavy atom. The number of hydrogen-bond donors (Lipinski definition) is 0. The predicted octanol–water partition coefficient (Wildman–Crippen LogP) is 0.0989. The van der Waals surface area contributed by atoms with E-state index in [4.69, 9.17) is 13.7 Å². The Morgan fingerprint density at radius 3 is 2.35 bits per heavy atom. The fraction of sp³-hybridized carbons (Fsp3) is 0.857. The van der Waals surface area contributed by atoms with Gasteiger partial charge in [0.1, 0.15) is 17.8 Å². The molecule has 6 unspecified atom stereocenters. The van der Waals surface area contributed by atoms with Crippen LogP contribution in [0.15, 0.2) is 0 Å². The van der Waals surface area contributed by atoms with Crippen LogP contribution in [0.4, 0.5) is 0 Å². The standard InChI is InChI=1S/C14H20NO9S2/c1-14(2,3)23-13(17)9-7-5-6-8(9)12(16)22-10(6)11(7)24-26(20,21)15-25(4,18)19/h6-11H,5H2,1-4H3/q-1. The molecule has 0 N–H and O–H groups in total. The average molecular weight is 410 g/mol. The van der Waals surface area contributed by atoms with E-state index in [2.05, 4.69) is 4.13 Å². The van der Waals surface area contributed by atoms with Gasteiger partial charge in [0, 0.05) is 18.1 Å². The lowest BCUT2D eigenvalue weighted by Gasteiger charge is -2.33. The van der Waals surface area contributed by atoms with Crippen LogP contribution in [0, 0.1) is 23.7 Å². The zero-order valence-corrected chi connectivity index (χ0v) is 16.2. The van der Waals surface area contributed by atoms with Crippen LogP contribution < -0.4 is 0 Å². The van der Waals surface area contributed by atoms with Gasteiger partial charge < -0.3 is 13.6 Å². The molecule has 2 aliphatic carbocycles. The van der Waals surface area contributed by atoms with Crippen molar-refractivity contribution in [2.24, 2.45) is 23.7 Å². The highest BCUT2D eigenvalue weighted by atomic mass is 32.3. The fourth-order valence-corrected chi connectivity index (χ4v) is 6.13. The maximum Gasteiger partial charge on any atom is 0.310 e. The third kappa shape index (κ3) is 3.59. The van der Waals surface area contributed by atoms with E-state index in [0.29, 0.717) is 12.7 Å². The molecule has 3 rings (SSSR count). The van der Waals surface area contributed by atoms with E-state index in [-0.39, 0.29) is 5.92 Å². The van der Waals surface area contributed by atoms with Crippen molar-refractivity contribution in [2.75, 3.05) is 6.26 Å². The first-order valence-corrected chi connectivity index (χ1v) is 11.2. The van der Waals surface area contributed by atoms with Crippen molar-refractivity contribution in [1.82, 2.24) is 0 Å². The number of rotatable bonds is 5. The number of hydrogen-bond acceptors (Lipinski definition) is 9. The molecule has 12 heteroatoms. The molecular formula is C14H20NO9S2-. The number of fused-ring (bicyclic) bond motifs is 1. The lowest BCUT2D eigenvalue weighted by molar-refractivity contribution is -0.166. The van der Waals surface area contributed by atoms with Crippen molar-refractivity contribution in [3.8, 4) is 0 Å². The largest absolute Gasteiger partial charge is 0.460 e. The highest BCUT2D eigenvalue weighted by molar-refractivity contribution is 8.09. The summed E-state index contributed by atoms with van der Waals surface area (Å²) in [5, 5.41) is 0. The molecule has 1 saturated heterocycles. The molecule has 0 aromatic carbocycles. The van der Waals surface area contributed by atoms with Crippen LogP contribution in [0.1, 0.15) is 27.2 Å². The second-order valence-electron chi connectivity index (χ2n) is 7.85. The van der Waals surface area contributed by atoms with Gasteiger partial charge >= 0.3 is 11.9 Å². The van der Waals surface area contributed by atoms with Gasteiger partial charge in [0.2, 0.25) is 10.3 Å². The molecule has 0 spiro atoms. The summed E-state index contributed by atoms with van der Waals surface area (Å²) in [4.78, 5) is 24.7. The summed E-state index contributed by atoms with van der Waals surface area (Å²) in [5.74, 6) is -3.83. The lowest BCUT2D eigenvalue weighted by atomic mass is 9.78. The summed E-state index contributed by atoms with van der Waals surface area (Å²) >= 11 is 0. The van der Waals surface area contributed by atoms with Gasteiger partial charge in [-0.15, -0.1) is 0 Å². The molecule has 26 heavy (non-hydrogen) atoms. The number of carbonyl (C=O) groups excluding carboxylic acids is 2. The van der Waals surface area contributed by atoms with E-state index in [1.807, 2.05) is 0 Å². The molecule has 0 amide bonds. The average Bonchev–Trinajstić information content (AvgIpc) is 2.96. The molecule has 3 aliphatic rings. The van der Waals surface area contributed by atoms with Crippen molar-refractivity contribution in [1.29, 1.82) is 0 Å². The van der Waals surface area contributed by atoms with Crippen LogP contribution in [0.2, 0.25) is 0 Å². The molecule has 0 aromatic heterocycles. The van der Waals surface area contributed by atoms with Gasteiger partial charge in [-0.3, -0.25) is 13.8 Å². The fourth-order valence-electron chi connectivity index (χ4n) is 4.13. The zero-order valence-electron chi connectivity index (χ0n) is 14.6. The minimum Gasteiger partial charge on any atom is -0.460 e. The summed E-state index contributed by atoms with van der Waals surface area (Å²) in [6.07, 6.45) is -1.05. The molecule has 1 aliphatic heterocycles. The van der Waals surface area contributed by atoms with Crippen LogP contribution >= 0.6 is 0 Å². The van der Waals surface area contributed by atoms with Gasteiger partial charge in [-0.1, -0.05) is 0 Å². The minimum atomic E-state index is -4.78. The smallest absolute Gasteiger partial charge is 0.310 e. The van der Waals surface area contributed by atoms with Crippen LogP contribution in [0.5, 0.6) is 0 Å². The Kier molecular flexibility index (Phi) is 4.41. The summed E-state index contributed by atoms with van der Waals surface area (Å²) in [7, 11) is -8.98. The lowest BCUT2D eigenvalue weighted by Crippen LogP contribution is -2.44. The van der Waals surface area contributed by atoms with Gasteiger partial charge in [-0.25, -0.2) is 16.8 Å². The van der Waals surface area contributed by atoms with E-state index >= 15 is 0 Å². The van der Waals surface area contributed by atoms with Gasteiger partial charge in [0.15, 0.2) is 0 Å². The molecule has 2 bridgehead atoms.